The van der Waals surface area contributed by atoms with Crippen LogP contribution in [-0.2, 0) is 34.6 Å². The number of sulfone groups is 1. The van der Waals surface area contributed by atoms with Gasteiger partial charge in [-0.15, -0.1) is 0 Å². The summed E-state index contributed by atoms with van der Waals surface area (Å²) in [5, 5.41) is 17.7. The molecule has 0 amide bonds. The minimum absolute atomic E-state index is 0.0257. The number of carbonyl (C=O) groups excluding carboxylic acids is 1. The fourth-order valence-corrected chi connectivity index (χ4v) is 6.04. The van der Waals surface area contributed by atoms with Crippen molar-refractivity contribution in [1.29, 1.82) is 0 Å². The molecule has 0 aromatic heterocycles. The van der Waals surface area contributed by atoms with E-state index < -0.39 is 63.8 Å². The molecule has 11 heteroatoms. The second-order valence-electron chi connectivity index (χ2n) is 7.38. The third-order valence-corrected chi connectivity index (χ3v) is 7.69. The Hall–Kier alpha value is -1.56. The van der Waals surface area contributed by atoms with Crippen LogP contribution in [0.4, 0.5) is 4.39 Å². The molecule has 172 valence electrons. The Balaban J connectivity index is 1.95. The van der Waals surface area contributed by atoms with Crippen molar-refractivity contribution in [3.05, 3.63) is 46.3 Å². The zero-order valence-electron chi connectivity index (χ0n) is 16.8. The van der Waals surface area contributed by atoms with E-state index in [1.54, 1.807) is 6.92 Å². The summed E-state index contributed by atoms with van der Waals surface area (Å²) < 4.78 is 56.2. The van der Waals surface area contributed by atoms with Gasteiger partial charge in [-0.2, -0.15) is 0 Å². The Bertz CT molecular complexity index is 952. The normalized spacial score (nSPS) is 28.5. The quantitative estimate of drug-likeness (QED) is 0.566. The largest absolute Gasteiger partial charge is 0.463 e. The molecule has 8 nitrogen and oxygen atoms in total. The number of carbonyl (C=O) groups is 1. The lowest BCUT2D eigenvalue weighted by atomic mass is 9.94. The van der Waals surface area contributed by atoms with Gasteiger partial charge in [-0.3, -0.25) is 0 Å². The highest BCUT2D eigenvalue weighted by atomic mass is 35.5. The molecule has 3 rings (SSSR count). The average Bonchev–Trinajstić information content (AvgIpc) is 3.07. The van der Waals surface area contributed by atoms with E-state index in [2.05, 4.69) is 0 Å². The lowest BCUT2D eigenvalue weighted by molar-refractivity contribution is -0.154. The number of esters is 1. The first-order chi connectivity index (χ1) is 14.6. The van der Waals surface area contributed by atoms with E-state index in [1.165, 1.54) is 12.1 Å². The van der Waals surface area contributed by atoms with Crippen molar-refractivity contribution >= 4 is 27.4 Å². The minimum Gasteiger partial charge on any atom is -0.463 e. The van der Waals surface area contributed by atoms with Crippen LogP contribution in [0.2, 0.25) is 5.02 Å². The summed E-state index contributed by atoms with van der Waals surface area (Å²) in [6.45, 7) is 0.783. The molecule has 0 radical (unpaired) electrons. The van der Waals surface area contributed by atoms with E-state index in [-0.39, 0.29) is 35.6 Å². The van der Waals surface area contributed by atoms with Crippen LogP contribution >= 0.6 is 11.6 Å². The number of benzene rings is 1. The molecular weight excluding hydrogens is 455 g/mol. The van der Waals surface area contributed by atoms with Crippen LogP contribution in [0.3, 0.4) is 0 Å². The van der Waals surface area contributed by atoms with E-state index in [4.69, 9.17) is 25.8 Å². The summed E-state index contributed by atoms with van der Waals surface area (Å²) in [5.41, 5.74) is 0.0576. The van der Waals surface area contributed by atoms with Crippen LogP contribution in [0.1, 0.15) is 25.3 Å². The van der Waals surface area contributed by atoms with E-state index in [9.17, 15) is 27.8 Å². The minimum atomic E-state index is -3.95. The fraction of sp³-hybridized carbons (Fsp3) is 0.550. The second-order valence-corrected chi connectivity index (χ2v) is 9.97. The lowest BCUT2D eigenvalue weighted by Crippen LogP contribution is -2.41. The maximum atomic E-state index is 13.3. The van der Waals surface area contributed by atoms with Crippen LogP contribution in [0.25, 0.3) is 0 Å². The molecule has 31 heavy (non-hydrogen) atoms. The van der Waals surface area contributed by atoms with Gasteiger partial charge in [0.2, 0.25) is 0 Å². The molecule has 1 saturated heterocycles. The van der Waals surface area contributed by atoms with Crippen molar-refractivity contribution in [2.24, 2.45) is 0 Å². The zero-order valence-corrected chi connectivity index (χ0v) is 18.4. The van der Waals surface area contributed by atoms with Gasteiger partial charge in [-0.1, -0.05) is 17.7 Å². The summed E-state index contributed by atoms with van der Waals surface area (Å²) in [6.07, 6.45) is -0.334. The van der Waals surface area contributed by atoms with Gasteiger partial charge < -0.3 is 24.4 Å². The smallest absolute Gasteiger partial charge is 0.335 e. The van der Waals surface area contributed by atoms with Crippen molar-refractivity contribution in [2.75, 3.05) is 19.8 Å². The molecule has 3 atom stereocenters. The highest BCUT2D eigenvalue weighted by Crippen LogP contribution is 2.41. The molecule has 1 aromatic rings. The molecule has 1 heterocycles. The number of hydrogen-bond acceptors (Lipinski definition) is 8. The predicted molar refractivity (Wildman–Crippen MR) is 108 cm³/mol. The van der Waals surface area contributed by atoms with Gasteiger partial charge in [-0.25, -0.2) is 17.6 Å². The van der Waals surface area contributed by atoms with E-state index >= 15 is 0 Å². The molecule has 1 aliphatic carbocycles. The number of aliphatic hydroxyl groups is 2. The molecule has 0 saturated carbocycles. The predicted octanol–water partition coefficient (Wildman–Crippen LogP) is 1.51. The van der Waals surface area contributed by atoms with Crippen molar-refractivity contribution in [1.82, 2.24) is 0 Å². The van der Waals surface area contributed by atoms with Crippen LogP contribution in [0.5, 0.6) is 0 Å². The van der Waals surface area contributed by atoms with Gasteiger partial charge in [0.1, 0.15) is 18.0 Å². The van der Waals surface area contributed by atoms with E-state index in [0.717, 1.165) is 12.1 Å². The maximum absolute atomic E-state index is 13.3. The molecule has 1 spiro atoms. The molecule has 3 unspecified atom stereocenters. The average molecular weight is 479 g/mol. The van der Waals surface area contributed by atoms with Crippen molar-refractivity contribution in [3.8, 4) is 0 Å². The van der Waals surface area contributed by atoms with Crippen LogP contribution in [0.15, 0.2) is 29.8 Å². The highest BCUT2D eigenvalue weighted by molar-refractivity contribution is 7.91. The van der Waals surface area contributed by atoms with Gasteiger partial charge in [0.25, 0.3) is 0 Å². The molecule has 1 fully saturated rings. The summed E-state index contributed by atoms with van der Waals surface area (Å²) in [6, 6.07) is 3.42. The van der Waals surface area contributed by atoms with E-state index in [1.807, 2.05) is 0 Å². The summed E-state index contributed by atoms with van der Waals surface area (Å²) >= 11 is 5.99. The third kappa shape index (κ3) is 5.10. The molecule has 0 bridgehead atoms. The summed E-state index contributed by atoms with van der Waals surface area (Å²) in [4.78, 5) is 12.6. The Kier molecular flexibility index (Phi) is 7.39. The number of ether oxygens (including phenoxy) is 3. The van der Waals surface area contributed by atoms with Gasteiger partial charge in [0.15, 0.2) is 15.6 Å². The number of halogens is 2. The lowest BCUT2D eigenvalue weighted by Gasteiger charge is -2.33. The Morgan fingerprint density at radius 3 is 2.48 bits per heavy atom. The SMILES string of the molecule is CCOC(=O)C1=CC2(CCC1S(=O)(=O)Cc1ccc(F)cc1Cl)OC(CO)C(CO)O2. The van der Waals surface area contributed by atoms with E-state index in [0.29, 0.717) is 0 Å². The van der Waals surface area contributed by atoms with Gasteiger partial charge in [0.05, 0.1) is 36.4 Å². The van der Waals surface area contributed by atoms with Crippen LogP contribution < -0.4 is 0 Å². The van der Waals surface area contributed by atoms with Gasteiger partial charge in [-0.05, 0) is 37.1 Å². The number of rotatable bonds is 7. The first kappa shape index (κ1) is 24.1. The summed E-state index contributed by atoms with van der Waals surface area (Å²) in [7, 11) is -3.95. The van der Waals surface area contributed by atoms with Crippen molar-refractivity contribution in [2.45, 2.75) is 48.8 Å². The second kappa shape index (κ2) is 9.51. The van der Waals surface area contributed by atoms with Gasteiger partial charge in [0, 0.05) is 11.4 Å². The molecule has 2 N–H and O–H groups in total. The monoisotopic (exact) mass is 478 g/mol. The molecule has 2 aliphatic rings. The number of hydrogen-bond donors (Lipinski definition) is 2. The van der Waals surface area contributed by atoms with Crippen molar-refractivity contribution < 1.29 is 42.0 Å². The first-order valence-electron chi connectivity index (χ1n) is 9.77. The highest BCUT2D eigenvalue weighted by Gasteiger charge is 2.51. The molecular formula is C20H24ClFO8S. The molecule has 1 aliphatic heterocycles. The van der Waals surface area contributed by atoms with Crippen LogP contribution in [0, 0.1) is 5.82 Å². The maximum Gasteiger partial charge on any atom is 0.335 e. The first-order valence-corrected chi connectivity index (χ1v) is 11.9. The zero-order chi connectivity index (χ0) is 22.8. The number of aliphatic hydroxyl groups excluding tert-OH is 2. The topological polar surface area (TPSA) is 119 Å². The Morgan fingerprint density at radius 2 is 1.94 bits per heavy atom. The Labute approximate surface area is 184 Å². The standard InChI is InChI=1S/C20H24ClFO8S/c1-2-28-19(25)14-8-20(29-16(9-23)17(10-24)30-20)6-5-18(14)31(26,27)11-12-3-4-13(22)7-15(12)21/h3-4,7-8,16-18,23-24H,2,5-6,9-11H2,1H3. The fourth-order valence-electron chi connectivity index (χ4n) is 3.81. The summed E-state index contributed by atoms with van der Waals surface area (Å²) in [5.74, 6) is -3.38. The van der Waals surface area contributed by atoms with Crippen LogP contribution in [-0.4, -0.2) is 67.7 Å². The molecule has 1 aromatic carbocycles. The van der Waals surface area contributed by atoms with Crippen molar-refractivity contribution in [3.63, 3.8) is 0 Å². The Morgan fingerprint density at radius 1 is 1.29 bits per heavy atom. The van der Waals surface area contributed by atoms with Gasteiger partial charge >= 0.3 is 5.97 Å². The third-order valence-electron chi connectivity index (χ3n) is 5.27.